The zero-order valence-electron chi connectivity index (χ0n) is 36.5. The van der Waals surface area contributed by atoms with Crippen LogP contribution in [-0.2, 0) is 39.9 Å². The average Bonchev–Trinajstić information content (AvgIpc) is 3.80. The van der Waals surface area contributed by atoms with Crippen LogP contribution < -0.4 is 37.2 Å². The molecule has 5 atom stereocenters. The van der Waals surface area contributed by atoms with E-state index in [1.807, 2.05) is 17.8 Å². The van der Waals surface area contributed by atoms with E-state index >= 15 is 0 Å². The number of ketones is 1. The van der Waals surface area contributed by atoms with Gasteiger partial charge in [-0.05, 0) is 87.6 Å². The molecule has 7 amide bonds. The van der Waals surface area contributed by atoms with Crippen molar-refractivity contribution in [1.82, 2.24) is 37.2 Å². The second kappa shape index (κ2) is 26.1. The minimum atomic E-state index is -0.997. The molecule has 8 N–H and O–H groups in total. The number of benzene rings is 2. The zero-order chi connectivity index (χ0) is 45.7. The number of hydrogen-bond acceptors (Lipinski definition) is 11. The van der Waals surface area contributed by atoms with Gasteiger partial charge in [-0.2, -0.15) is 11.8 Å². The van der Waals surface area contributed by atoms with Gasteiger partial charge in [0.25, 0.3) is 0 Å². The van der Waals surface area contributed by atoms with Gasteiger partial charge in [0.1, 0.15) is 17.8 Å². The Kier molecular flexibility index (Phi) is 20.7. The second-order valence-electron chi connectivity index (χ2n) is 16.2. The van der Waals surface area contributed by atoms with Crippen LogP contribution in [0.3, 0.4) is 0 Å². The lowest BCUT2D eigenvalue weighted by molar-refractivity contribution is -0.131. The smallest absolute Gasteiger partial charge is 0.339 e. The fourth-order valence-corrected chi connectivity index (χ4v) is 9.08. The summed E-state index contributed by atoms with van der Waals surface area (Å²) < 4.78 is 5.15. The second-order valence-corrected chi connectivity index (χ2v) is 17.4. The topological polar surface area (TPSA) is 250 Å². The Morgan fingerprint density at radius 3 is 2.16 bits per heavy atom. The molecule has 1 unspecified atom stereocenters. The number of carbonyl (C=O) groups is 8. The fourth-order valence-electron chi connectivity index (χ4n) is 7.54. The molecule has 2 aromatic rings. The highest BCUT2D eigenvalue weighted by Crippen LogP contribution is 2.33. The highest BCUT2D eigenvalue weighted by molar-refractivity contribution is 8.00. The summed E-state index contributed by atoms with van der Waals surface area (Å²) in [5.74, 6) is -1.85. The molecule has 2 fully saturated rings. The van der Waals surface area contributed by atoms with Gasteiger partial charge in [-0.15, -0.1) is 0 Å². The van der Waals surface area contributed by atoms with E-state index in [9.17, 15) is 43.5 Å². The third-order valence-corrected chi connectivity index (χ3v) is 12.4. The lowest BCUT2D eigenvalue weighted by Crippen LogP contribution is -2.54. The Morgan fingerprint density at radius 1 is 0.778 bits per heavy atom. The Balaban J connectivity index is 1.13. The van der Waals surface area contributed by atoms with Crippen LogP contribution in [0.5, 0.6) is 5.75 Å². The monoisotopic (exact) mass is 893 g/mol. The maximum absolute atomic E-state index is 13.5. The molecule has 0 aliphatic carbocycles. The molecule has 2 saturated heterocycles. The van der Waals surface area contributed by atoms with E-state index in [4.69, 9.17) is 4.74 Å². The molecular weight excluding hydrogens is 831 g/mol. The number of carbonyl (C=O) groups excluding carboxylic acids is 8. The summed E-state index contributed by atoms with van der Waals surface area (Å²) in [6, 6.07) is 9.96. The normalized spacial score (nSPS) is 17.3. The summed E-state index contributed by atoms with van der Waals surface area (Å²) >= 11 is 1.85. The molecule has 0 spiro atoms. The summed E-state index contributed by atoms with van der Waals surface area (Å²) in [5.41, 5.74) is 2.59. The molecule has 0 saturated carbocycles. The maximum Gasteiger partial charge on any atom is 0.339 e. The van der Waals surface area contributed by atoms with E-state index in [2.05, 4.69) is 37.2 Å². The van der Waals surface area contributed by atoms with E-state index in [-0.39, 0.29) is 68.0 Å². The molecule has 2 aliphatic rings. The van der Waals surface area contributed by atoms with Crippen molar-refractivity contribution in [3.63, 3.8) is 0 Å². The lowest BCUT2D eigenvalue weighted by atomic mass is 10.0. The number of aryl methyl sites for hydroxylation is 2. The average molecular weight is 894 g/mol. The molecule has 4 rings (SSSR count). The number of rotatable bonds is 27. The van der Waals surface area contributed by atoms with Gasteiger partial charge in [0, 0.05) is 50.3 Å². The molecule has 2 aliphatic heterocycles. The van der Waals surface area contributed by atoms with Crippen molar-refractivity contribution in [3.05, 3.63) is 64.7 Å². The molecule has 0 aromatic heterocycles. The van der Waals surface area contributed by atoms with E-state index in [1.165, 1.54) is 19.1 Å². The van der Waals surface area contributed by atoms with Crippen LogP contribution in [0.15, 0.2) is 42.5 Å². The SMILES string of the molecule is CC(=O)N[C@@H](CCCCNC(=O)CCCCC1SC[C@@H]2NC(=O)N[C@H]12)C(=O)N[C@@H](Cc1ccc(O)cc1)C(=O)NCCCCCC(=O)NCC(=O)COC(=O)c1c(C)cccc1C. The number of unbranched alkanes of at least 4 members (excludes halogenated alkanes) is 4. The van der Waals surface area contributed by atoms with E-state index < -0.39 is 48.2 Å². The van der Waals surface area contributed by atoms with Crippen LogP contribution in [0.25, 0.3) is 0 Å². The standard InChI is InChI=1S/C45H63N7O10S/c1-28-12-11-13-29(2)40(28)44(60)62-26-33(55)25-48-39(57)16-5-4-9-23-47-42(58)35(24-31-18-20-32(54)21-19-31)50-43(59)34(49-30(3)53)14-8-10-22-46-38(56)17-7-6-15-37-41-36(27-63-37)51-45(61)52-41/h11-13,18-21,34-37,41,54H,4-10,14-17,22-27H2,1-3H3,(H,46,56)(H,47,58)(H,48,57)(H,49,53)(H,50,59)(H2,51,52,61)/t34-,35-,36-,37?,41-/m0/s1. The molecule has 2 aromatic carbocycles. The van der Waals surface area contributed by atoms with E-state index in [0.717, 1.165) is 36.1 Å². The third kappa shape index (κ3) is 17.6. The molecule has 63 heavy (non-hydrogen) atoms. The summed E-state index contributed by atoms with van der Waals surface area (Å²) in [4.78, 5) is 100. The predicted molar refractivity (Wildman–Crippen MR) is 238 cm³/mol. The Morgan fingerprint density at radius 2 is 1.44 bits per heavy atom. The van der Waals surface area contributed by atoms with E-state index in [1.54, 1.807) is 38.1 Å². The largest absolute Gasteiger partial charge is 0.508 e. The van der Waals surface area contributed by atoms with Crippen LogP contribution in [0, 0.1) is 13.8 Å². The van der Waals surface area contributed by atoms with Crippen molar-refractivity contribution in [1.29, 1.82) is 0 Å². The number of fused-ring (bicyclic) bond motifs is 1. The van der Waals surface area contributed by atoms with Gasteiger partial charge < -0.3 is 47.1 Å². The molecule has 0 bridgehead atoms. The van der Waals surface area contributed by atoms with Crippen LogP contribution in [0.2, 0.25) is 0 Å². The van der Waals surface area contributed by atoms with Crippen molar-refractivity contribution in [2.45, 2.75) is 127 Å². The lowest BCUT2D eigenvalue weighted by Gasteiger charge is -2.23. The maximum atomic E-state index is 13.5. The number of thioether (sulfide) groups is 1. The Bertz CT molecular complexity index is 1890. The number of ether oxygens (including phenoxy) is 1. The van der Waals surface area contributed by atoms with Crippen molar-refractivity contribution in [2.24, 2.45) is 0 Å². The number of phenolic OH excluding ortho intramolecular Hbond substituents is 1. The first kappa shape index (κ1) is 50.0. The van der Waals surface area contributed by atoms with Crippen molar-refractivity contribution in [3.8, 4) is 5.75 Å². The number of phenols is 1. The molecule has 2 heterocycles. The number of amides is 7. The van der Waals surface area contributed by atoms with Gasteiger partial charge in [-0.1, -0.05) is 43.2 Å². The zero-order valence-corrected chi connectivity index (χ0v) is 37.3. The van der Waals surface area contributed by atoms with Crippen LogP contribution in [-0.4, -0.2) is 114 Å². The summed E-state index contributed by atoms with van der Waals surface area (Å²) in [5, 5.41) is 29.8. The van der Waals surface area contributed by atoms with Gasteiger partial charge in [-0.3, -0.25) is 28.8 Å². The van der Waals surface area contributed by atoms with Gasteiger partial charge in [0.2, 0.25) is 29.5 Å². The molecule has 0 radical (unpaired) electrons. The molecule has 17 nitrogen and oxygen atoms in total. The van der Waals surface area contributed by atoms with Crippen molar-refractivity contribution < 1.29 is 48.2 Å². The van der Waals surface area contributed by atoms with Gasteiger partial charge in [0.15, 0.2) is 12.4 Å². The number of nitrogens with one attached hydrogen (secondary N) is 7. The van der Waals surface area contributed by atoms with Gasteiger partial charge in [-0.25, -0.2) is 9.59 Å². The van der Waals surface area contributed by atoms with Crippen LogP contribution in [0.4, 0.5) is 4.79 Å². The summed E-state index contributed by atoms with van der Waals surface area (Å²) in [6.07, 6.45) is 6.23. The molecule has 344 valence electrons. The van der Waals surface area contributed by atoms with Crippen LogP contribution in [0.1, 0.15) is 105 Å². The summed E-state index contributed by atoms with van der Waals surface area (Å²) in [6.45, 7) is 4.83. The number of hydrogen-bond donors (Lipinski definition) is 8. The molecular formula is C45H63N7O10S. The highest BCUT2D eigenvalue weighted by atomic mass is 32.2. The first-order valence-corrected chi connectivity index (χ1v) is 22.8. The Hall–Kier alpha value is -5.65. The minimum Gasteiger partial charge on any atom is -0.508 e. The van der Waals surface area contributed by atoms with Crippen molar-refractivity contribution >= 4 is 59.1 Å². The Labute approximate surface area is 373 Å². The molecule has 18 heteroatoms. The van der Waals surface area contributed by atoms with Gasteiger partial charge >= 0.3 is 12.0 Å². The first-order chi connectivity index (χ1) is 30.2. The number of aromatic hydroxyl groups is 1. The van der Waals surface area contributed by atoms with Crippen LogP contribution >= 0.6 is 11.8 Å². The fraction of sp³-hybridized carbons (Fsp3) is 0.556. The third-order valence-electron chi connectivity index (χ3n) is 10.9. The van der Waals surface area contributed by atoms with Gasteiger partial charge in [0.05, 0.1) is 24.2 Å². The predicted octanol–water partition coefficient (Wildman–Crippen LogP) is 2.77. The highest BCUT2D eigenvalue weighted by Gasteiger charge is 2.42. The minimum absolute atomic E-state index is 0.0520. The number of esters is 1. The quantitative estimate of drug-likeness (QED) is 0.0368. The first-order valence-electron chi connectivity index (χ1n) is 21.8. The van der Waals surface area contributed by atoms with Crippen molar-refractivity contribution in [2.75, 3.05) is 32.0 Å². The number of Topliss-reactive ketones (excluding diaryl/α,β-unsaturated/α-hetero) is 1. The summed E-state index contributed by atoms with van der Waals surface area (Å²) in [7, 11) is 0. The number of urea groups is 1. The van der Waals surface area contributed by atoms with E-state index in [0.29, 0.717) is 61.4 Å².